The number of aromatic nitrogens is 2. The number of carbonyl (C=O) groups excluding carboxylic acids is 1. The summed E-state index contributed by atoms with van der Waals surface area (Å²) < 4.78 is 5.12. The number of amidine groups is 1. The minimum Gasteiger partial charge on any atom is -0.379 e. The minimum atomic E-state index is -0.801. The molecule has 2 aromatic heterocycles. The number of hydrogen-bond acceptors (Lipinski definition) is 7. The molecule has 134 valence electrons. The van der Waals surface area contributed by atoms with Crippen molar-refractivity contribution >= 4 is 46.3 Å². The van der Waals surface area contributed by atoms with E-state index < -0.39 is 5.97 Å². The quantitative estimate of drug-likeness (QED) is 0.299. The van der Waals surface area contributed by atoms with Crippen LogP contribution >= 0.6 is 34.5 Å². The fraction of sp³-hybridized carbons (Fsp3) is 0.125. The number of nitrogens with zero attached hydrogens (tertiary/aromatic N) is 3. The number of hydrogen-bond donors (Lipinski definition) is 1. The molecule has 10 heteroatoms. The number of rotatable bonds is 4. The van der Waals surface area contributed by atoms with Crippen molar-refractivity contribution in [2.24, 2.45) is 10.9 Å². The summed E-state index contributed by atoms with van der Waals surface area (Å²) in [5, 5.41) is 10.7. The molecule has 0 aliphatic rings. The van der Waals surface area contributed by atoms with Gasteiger partial charge in [-0.2, -0.15) is 0 Å². The predicted octanol–water partition coefficient (Wildman–Crippen LogP) is 4.20. The number of halogens is 2. The second-order valence-electron chi connectivity index (χ2n) is 5.17. The second kappa shape index (κ2) is 7.45. The SMILES string of the molecule is Cc1nc(C(N)=NOC(=O)c2c(-c3c(Cl)cccc3Cl)noc2C)cs1. The molecule has 3 aromatic rings. The van der Waals surface area contributed by atoms with Crippen LogP contribution in [0.1, 0.15) is 26.8 Å². The lowest BCUT2D eigenvalue weighted by Gasteiger charge is -2.05. The Balaban J connectivity index is 1.93. The van der Waals surface area contributed by atoms with Crippen LogP contribution in [0.2, 0.25) is 10.0 Å². The number of nitrogens with two attached hydrogens (primary N) is 1. The summed E-state index contributed by atoms with van der Waals surface area (Å²) >= 11 is 13.8. The van der Waals surface area contributed by atoms with Gasteiger partial charge in [-0.25, -0.2) is 9.78 Å². The van der Waals surface area contributed by atoms with E-state index >= 15 is 0 Å². The van der Waals surface area contributed by atoms with Gasteiger partial charge in [0.15, 0.2) is 5.84 Å². The van der Waals surface area contributed by atoms with Gasteiger partial charge in [0.1, 0.15) is 22.7 Å². The summed E-state index contributed by atoms with van der Waals surface area (Å²) in [7, 11) is 0. The molecule has 0 unspecified atom stereocenters. The lowest BCUT2D eigenvalue weighted by molar-refractivity contribution is 0.0515. The van der Waals surface area contributed by atoms with Crippen LogP contribution in [-0.4, -0.2) is 21.9 Å². The molecule has 0 aliphatic carbocycles. The Morgan fingerprint density at radius 3 is 2.62 bits per heavy atom. The lowest BCUT2D eigenvalue weighted by Crippen LogP contribution is -2.16. The Bertz CT molecular complexity index is 993. The molecule has 1 aromatic carbocycles. The van der Waals surface area contributed by atoms with Crippen LogP contribution < -0.4 is 5.73 Å². The van der Waals surface area contributed by atoms with Crippen LogP contribution in [0.25, 0.3) is 11.3 Å². The topological polar surface area (TPSA) is 104 Å². The predicted molar refractivity (Wildman–Crippen MR) is 99.7 cm³/mol. The van der Waals surface area contributed by atoms with Gasteiger partial charge in [-0.3, -0.25) is 0 Å². The smallest absolute Gasteiger partial charge is 0.371 e. The molecule has 2 N–H and O–H groups in total. The summed E-state index contributed by atoms with van der Waals surface area (Å²) in [6, 6.07) is 4.94. The number of aryl methyl sites for hydroxylation is 2. The van der Waals surface area contributed by atoms with E-state index in [4.69, 9.17) is 38.3 Å². The summed E-state index contributed by atoms with van der Waals surface area (Å²) in [4.78, 5) is 21.6. The zero-order valence-electron chi connectivity index (χ0n) is 13.6. The second-order valence-corrected chi connectivity index (χ2v) is 7.04. The summed E-state index contributed by atoms with van der Waals surface area (Å²) in [6.45, 7) is 3.39. The monoisotopic (exact) mass is 410 g/mol. The fourth-order valence-corrected chi connectivity index (χ4v) is 3.35. The zero-order valence-corrected chi connectivity index (χ0v) is 15.9. The zero-order chi connectivity index (χ0) is 18.8. The molecule has 0 spiro atoms. The van der Waals surface area contributed by atoms with Crippen LogP contribution in [-0.2, 0) is 4.84 Å². The highest BCUT2D eigenvalue weighted by molar-refractivity contribution is 7.09. The van der Waals surface area contributed by atoms with Gasteiger partial charge in [0.25, 0.3) is 0 Å². The van der Waals surface area contributed by atoms with Crippen molar-refractivity contribution in [1.82, 2.24) is 10.1 Å². The largest absolute Gasteiger partial charge is 0.379 e. The number of oxime groups is 1. The van der Waals surface area contributed by atoms with E-state index in [0.717, 1.165) is 5.01 Å². The third kappa shape index (κ3) is 3.57. The maximum absolute atomic E-state index is 12.5. The van der Waals surface area contributed by atoms with E-state index in [9.17, 15) is 4.79 Å². The van der Waals surface area contributed by atoms with Crippen LogP contribution in [0.15, 0.2) is 33.3 Å². The van der Waals surface area contributed by atoms with Gasteiger partial charge in [-0.1, -0.05) is 39.6 Å². The standard InChI is InChI=1S/C16H12Cl2N4O3S/c1-7-12(14(21-24-7)13-9(17)4-3-5-10(13)18)16(23)25-22-15(19)11-6-26-8(2)20-11/h3-6H,1-2H3,(H2,19,22). The van der Waals surface area contributed by atoms with Gasteiger partial charge in [-0.15, -0.1) is 11.3 Å². The van der Waals surface area contributed by atoms with Crippen LogP contribution in [0.5, 0.6) is 0 Å². The van der Waals surface area contributed by atoms with Gasteiger partial charge in [0.2, 0.25) is 0 Å². The van der Waals surface area contributed by atoms with Crippen molar-refractivity contribution in [1.29, 1.82) is 0 Å². The third-order valence-corrected chi connectivity index (χ3v) is 4.78. The third-order valence-electron chi connectivity index (χ3n) is 3.37. The lowest BCUT2D eigenvalue weighted by atomic mass is 10.1. The molecule has 0 bridgehead atoms. The fourth-order valence-electron chi connectivity index (χ4n) is 2.17. The van der Waals surface area contributed by atoms with Gasteiger partial charge in [0, 0.05) is 10.9 Å². The number of benzene rings is 1. The highest BCUT2D eigenvalue weighted by Gasteiger charge is 2.26. The molecular formula is C16H12Cl2N4O3S. The first-order valence-electron chi connectivity index (χ1n) is 7.26. The first-order valence-corrected chi connectivity index (χ1v) is 8.90. The molecular weight excluding hydrogens is 399 g/mol. The molecule has 2 heterocycles. The molecule has 0 fully saturated rings. The van der Waals surface area contributed by atoms with E-state index in [2.05, 4.69) is 15.3 Å². The molecule has 0 saturated heterocycles. The summed E-state index contributed by atoms with van der Waals surface area (Å²) in [5.74, 6) is -0.585. The Kier molecular flexibility index (Phi) is 5.26. The highest BCUT2D eigenvalue weighted by Crippen LogP contribution is 2.36. The number of carbonyl (C=O) groups is 1. The van der Waals surface area contributed by atoms with Crippen molar-refractivity contribution in [3.05, 3.63) is 55.6 Å². The molecule has 3 rings (SSSR count). The molecule has 0 amide bonds. The maximum atomic E-state index is 12.5. The van der Waals surface area contributed by atoms with E-state index in [-0.39, 0.29) is 22.9 Å². The summed E-state index contributed by atoms with van der Waals surface area (Å²) in [6.07, 6.45) is 0. The van der Waals surface area contributed by atoms with Crippen LogP contribution in [0.3, 0.4) is 0 Å². The van der Waals surface area contributed by atoms with Crippen molar-refractivity contribution in [3.8, 4) is 11.3 Å². The van der Waals surface area contributed by atoms with Crippen LogP contribution in [0, 0.1) is 13.8 Å². The first kappa shape index (κ1) is 18.4. The van der Waals surface area contributed by atoms with Crippen molar-refractivity contribution < 1.29 is 14.2 Å². The van der Waals surface area contributed by atoms with Gasteiger partial charge < -0.3 is 15.1 Å². The molecule has 0 aliphatic heterocycles. The van der Waals surface area contributed by atoms with Crippen molar-refractivity contribution in [2.45, 2.75) is 13.8 Å². The summed E-state index contributed by atoms with van der Waals surface area (Å²) in [5.41, 5.74) is 6.81. The highest BCUT2D eigenvalue weighted by atomic mass is 35.5. The molecule has 26 heavy (non-hydrogen) atoms. The van der Waals surface area contributed by atoms with Crippen molar-refractivity contribution in [3.63, 3.8) is 0 Å². The van der Waals surface area contributed by atoms with Crippen molar-refractivity contribution in [2.75, 3.05) is 0 Å². The van der Waals surface area contributed by atoms with Gasteiger partial charge in [0.05, 0.1) is 15.1 Å². The Morgan fingerprint density at radius 1 is 1.31 bits per heavy atom. The molecule has 0 atom stereocenters. The van der Waals surface area contributed by atoms with Gasteiger partial charge in [-0.05, 0) is 26.0 Å². The molecule has 0 radical (unpaired) electrons. The van der Waals surface area contributed by atoms with E-state index in [1.165, 1.54) is 11.3 Å². The average molecular weight is 411 g/mol. The maximum Gasteiger partial charge on any atom is 0.371 e. The minimum absolute atomic E-state index is 0.0193. The molecule has 7 nitrogen and oxygen atoms in total. The number of thiazole rings is 1. The first-order chi connectivity index (χ1) is 12.4. The Hall–Kier alpha value is -2.42. The van der Waals surface area contributed by atoms with E-state index in [1.54, 1.807) is 30.5 Å². The van der Waals surface area contributed by atoms with Crippen LogP contribution in [0.4, 0.5) is 0 Å². The average Bonchev–Trinajstić information content (AvgIpc) is 3.18. The normalized spacial score (nSPS) is 11.6. The van der Waals surface area contributed by atoms with Gasteiger partial charge >= 0.3 is 5.97 Å². The van der Waals surface area contributed by atoms with E-state index in [0.29, 0.717) is 21.3 Å². The Labute approximate surface area is 162 Å². The van der Waals surface area contributed by atoms with E-state index in [1.807, 2.05) is 6.92 Å². The Morgan fingerprint density at radius 2 is 2.00 bits per heavy atom. The molecule has 0 saturated carbocycles.